The van der Waals surface area contributed by atoms with Gasteiger partial charge in [-0.2, -0.15) is 5.10 Å². The maximum Gasteiger partial charge on any atom is 0.164 e. The van der Waals surface area contributed by atoms with E-state index in [1.807, 2.05) is 0 Å². The molecule has 0 aliphatic carbocycles. The molecule has 0 amide bonds. The molecular weight excluding hydrogens is 231 g/mol. The lowest BCUT2D eigenvalue weighted by Crippen LogP contribution is -2.05. The van der Waals surface area contributed by atoms with Crippen LogP contribution in [0.25, 0.3) is 0 Å². The van der Waals surface area contributed by atoms with Crippen LogP contribution in [-0.2, 0) is 13.1 Å². The summed E-state index contributed by atoms with van der Waals surface area (Å²) in [5.41, 5.74) is 5.78. The molecular formula is C10H10ClFN4. The number of hydrogen-bond donors (Lipinski definition) is 1. The molecule has 16 heavy (non-hydrogen) atoms. The predicted molar refractivity (Wildman–Crippen MR) is 58.4 cm³/mol. The topological polar surface area (TPSA) is 56.7 Å². The summed E-state index contributed by atoms with van der Waals surface area (Å²) in [5, 5.41) is 4.44. The van der Waals surface area contributed by atoms with Gasteiger partial charge in [-0.1, -0.05) is 17.7 Å². The second-order valence-electron chi connectivity index (χ2n) is 3.26. The first kappa shape index (κ1) is 11.0. The molecule has 0 saturated carbocycles. The Hall–Kier alpha value is -1.46. The Kier molecular flexibility index (Phi) is 3.17. The van der Waals surface area contributed by atoms with Crippen LogP contribution in [0.2, 0.25) is 5.02 Å². The summed E-state index contributed by atoms with van der Waals surface area (Å²) in [7, 11) is 0. The van der Waals surface area contributed by atoms with Crippen molar-refractivity contribution in [3.05, 3.63) is 46.8 Å². The molecule has 0 aliphatic rings. The number of hydrogen-bond acceptors (Lipinski definition) is 3. The molecule has 0 bridgehead atoms. The second kappa shape index (κ2) is 4.59. The van der Waals surface area contributed by atoms with Crippen LogP contribution in [0.3, 0.4) is 0 Å². The molecule has 84 valence electrons. The molecule has 2 aromatic rings. The zero-order valence-electron chi connectivity index (χ0n) is 8.40. The van der Waals surface area contributed by atoms with E-state index in [1.165, 1.54) is 17.1 Å². The van der Waals surface area contributed by atoms with Crippen LogP contribution in [0.5, 0.6) is 0 Å². The average Bonchev–Trinajstić information content (AvgIpc) is 2.71. The lowest BCUT2D eigenvalue weighted by molar-refractivity contribution is 0.583. The van der Waals surface area contributed by atoms with Gasteiger partial charge >= 0.3 is 0 Å². The first-order valence-electron chi connectivity index (χ1n) is 4.72. The quantitative estimate of drug-likeness (QED) is 0.886. The maximum atomic E-state index is 13.5. The molecule has 6 heteroatoms. The highest BCUT2D eigenvalue weighted by atomic mass is 35.5. The van der Waals surface area contributed by atoms with Crippen LogP contribution in [0.1, 0.15) is 11.4 Å². The zero-order valence-corrected chi connectivity index (χ0v) is 9.15. The second-order valence-corrected chi connectivity index (χ2v) is 3.67. The third-order valence-corrected chi connectivity index (χ3v) is 2.50. The number of nitrogens with zero attached hydrogens (tertiary/aromatic N) is 3. The van der Waals surface area contributed by atoms with Crippen LogP contribution < -0.4 is 5.73 Å². The molecule has 1 heterocycles. The Labute approximate surface area is 96.9 Å². The van der Waals surface area contributed by atoms with Gasteiger partial charge in [0.1, 0.15) is 12.1 Å². The maximum absolute atomic E-state index is 13.5. The highest BCUT2D eigenvalue weighted by molar-refractivity contribution is 6.31. The Balaban J connectivity index is 2.26. The van der Waals surface area contributed by atoms with E-state index in [4.69, 9.17) is 17.3 Å². The Morgan fingerprint density at radius 1 is 1.44 bits per heavy atom. The van der Waals surface area contributed by atoms with Gasteiger partial charge in [-0.05, 0) is 12.1 Å². The number of benzene rings is 1. The monoisotopic (exact) mass is 240 g/mol. The molecule has 2 N–H and O–H groups in total. The van der Waals surface area contributed by atoms with Crippen LogP contribution in [0.4, 0.5) is 4.39 Å². The number of nitrogens with two attached hydrogens (primary N) is 1. The molecule has 0 radical (unpaired) electrons. The van der Waals surface area contributed by atoms with Crippen molar-refractivity contribution in [3.8, 4) is 0 Å². The smallest absolute Gasteiger partial charge is 0.164 e. The molecule has 1 aromatic carbocycles. The van der Waals surface area contributed by atoms with Crippen LogP contribution >= 0.6 is 11.6 Å². The minimum atomic E-state index is -0.350. The van der Waals surface area contributed by atoms with Crippen molar-refractivity contribution in [2.45, 2.75) is 13.1 Å². The SMILES string of the molecule is NCc1ncn(Cc2c(F)cccc2Cl)n1. The lowest BCUT2D eigenvalue weighted by Gasteiger charge is -2.04. The first-order valence-corrected chi connectivity index (χ1v) is 5.10. The summed E-state index contributed by atoms with van der Waals surface area (Å²) in [6, 6.07) is 4.57. The van der Waals surface area contributed by atoms with Crippen molar-refractivity contribution >= 4 is 11.6 Å². The van der Waals surface area contributed by atoms with Gasteiger partial charge in [-0.3, -0.25) is 0 Å². The van der Waals surface area contributed by atoms with Gasteiger partial charge in [0, 0.05) is 10.6 Å². The van der Waals surface area contributed by atoms with Crippen molar-refractivity contribution in [3.63, 3.8) is 0 Å². The molecule has 4 nitrogen and oxygen atoms in total. The third kappa shape index (κ3) is 2.20. The summed E-state index contributed by atoms with van der Waals surface area (Å²) >= 11 is 5.89. The van der Waals surface area contributed by atoms with Gasteiger partial charge in [0.05, 0.1) is 13.1 Å². The Morgan fingerprint density at radius 2 is 2.25 bits per heavy atom. The molecule has 0 spiro atoms. The summed E-state index contributed by atoms with van der Waals surface area (Å²) in [6.45, 7) is 0.510. The molecule has 1 aromatic heterocycles. The largest absolute Gasteiger partial charge is 0.324 e. The van der Waals surface area contributed by atoms with E-state index in [9.17, 15) is 4.39 Å². The highest BCUT2D eigenvalue weighted by Crippen LogP contribution is 2.19. The van der Waals surface area contributed by atoms with Gasteiger partial charge in [0.15, 0.2) is 5.82 Å². The Bertz CT molecular complexity index is 477. The van der Waals surface area contributed by atoms with Crippen LogP contribution in [0, 0.1) is 5.82 Å². The van der Waals surface area contributed by atoms with Crippen molar-refractivity contribution < 1.29 is 4.39 Å². The average molecular weight is 241 g/mol. The number of aromatic nitrogens is 3. The van der Waals surface area contributed by atoms with E-state index in [-0.39, 0.29) is 18.9 Å². The molecule has 0 fully saturated rings. The van der Waals surface area contributed by atoms with E-state index in [0.717, 1.165) is 0 Å². The first-order chi connectivity index (χ1) is 7.70. The highest BCUT2D eigenvalue weighted by Gasteiger charge is 2.08. The fourth-order valence-electron chi connectivity index (χ4n) is 1.35. The van der Waals surface area contributed by atoms with Gasteiger partial charge in [0.2, 0.25) is 0 Å². The zero-order chi connectivity index (χ0) is 11.5. The van der Waals surface area contributed by atoms with Crippen molar-refractivity contribution in [2.75, 3.05) is 0 Å². The van der Waals surface area contributed by atoms with Crippen LogP contribution in [0.15, 0.2) is 24.5 Å². The van der Waals surface area contributed by atoms with Crippen molar-refractivity contribution in [1.29, 1.82) is 0 Å². The van der Waals surface area contributed by atoms with E-state index in [2.05, 4.69) is 10.1 Å². The number of rotatable bonds is 3. The van der Waals surface area contributed by atoms with Gasteiger partial charge in [0.25, 0.3) is 0 Å². The lowest BCUT2D eigenvalue weighted by atomic mass is 10.2. The minimum absolute atomic E-state index is 0.249. The van der Waals surface area contributed by atoms with Crippen molar-refractivity contribution in [1.82, 2.24) is 14.8 Å². The molecule has 2 rings (SSSR count). The summed E-state index contributed by atoms with van der Waals surface area (Å²) in [6.07, 6.45) is 1.50. The summed E-state index contributed by atoms with van der Waals surface area (Å²) < 4.78 is 15.0. The van der Waals surface area contributed by atoms with Gasteiger partial charge in [-0.15, -0.1) is 0 Å². The standard InChI is InChI=1S/C10H10ClFN4/c11-8-2-1-3-9(12)7(8)5-16-6-14-10(4-13)15-16/h1-3,6H,4-5,13H2. The summed E-state index contributed by atoms with van der Waals surface area (Å²) in [4.78, 5) is 3.95. The molecule has 0 unspecified atom stereocenters. The predicted octanol–water partition coefficient (Wildman–Crippen LogP) is 1.58. The minimum Gasteiger partial charge on any atom is -0.324 e. The van der Waals surface area contributed by atoms with Crippen LogP contribution in [-0.4, -0.2) is 14.8 Å². The van der Waals surface area contributed by atoms with E-state index < -0.39 is 0 Å². The third-order valence-electron chi connectivity index (χ3n) is 2.15. The Morgan fingerprint density at radius 3 is 2.88 bits per heavy atom. The van der Waals surface area contributed by atoms with E-state index >= 15 is 0 Å². The fourth-order valence-corrected chi connectivity index (χ4v) is 1.57. The molecule has 0 atom stereocenters. The summed E-state index contributed by atoms with van der Waals surface area (Å²) in [5.74, 6) is 0.171. The normalized spacial score (nSPS) is 10.7. The fraction of sp³-hybridized carbons (Fsp3) is 0.200. The number of halogens is 2. The molecule has 0 aliphatic heterocycles. The van der Waals surface area contributed by atoms with E-state index in [0.29, 0.717) is 16.4 Å². The van der Waals surface area contributed by atoms with Gasteiger partial charge < -0.3 is 5.73 Å². The van der Waals surface area contributed by atoms with Gasteiger partial charge in [-0.25, -0.2) is 14.1 Å². The van der Waals surface area contributed by atoms with Crippen molar-refractivity contribution in [2.24, 2.45) is 5.73 Å². The molecule has 0 saturated heterocycles. The van der Waals surface area contributed by atoms with E-state index in [1.54, 1.807) is 12.1 Å².